The normalized spacial score (nSPS) is 10.3. The highest BCUT2D eigenvalue weighted by atomic mass is 19.1. The molecule has 17 heavy (non-hydrogen) atoms. The molecule has 0 bridgehead atoms. The molecule has 2 aromatic rings. The van der Waals surface area contributed by atoms with Gasteiger partial charge in [0.25, 0.3) is 0 Å². The lowest BCUT2D eigenvalue weighted by molar-refractivity contribution is 0.103. The maximum absolute atomic E-state index is 13.5. The zero-order valence-corrected chi connectivity index (χ0v) is 9.21. The number of hydrogen-bond donors (Lipinski definition) is 0. The van der Waals surface area contributed by atoms with Crippen LogP contribution in [0, 0.1) is 18.6 Å². The smallest absolute Gasteiger partial charge is 0.199 e. The molecule has 2 rings (SSSR count). The van der Waals surface area contributed by atoms with Crippen molar-refractivity contribution in [2.45, 2.75) is 6.92 Å². The molecule has 0 amide bonds. The lowest BCUT2D eigenvalue weighted by atomic mass is 9.98. The van der Waals surface area contributed by atoms with E-state index < -0.39 is 23.0 Å². The lowest BCUT2D eigenvalue weighted by Crippen LogP contribution is -2.08. The number of rotatable bonds is 2. The fourth-order valence-electron chi connectivity index (χ4n) is 1.68. The van der Waals surface area contributed by atoms with Crippen LogP contribution in [0.5, 0.6) is 0 Å². The maximum Gasteiger partial charge on any atom is 0.199 e. The molecule has 0 saturated heterocycles. The second-order valence-electron chi connectivity index (χ2n) is 3.74. The zero-order valence-electron chi connectivity index (χ0n) is 9.21. The Hall–Kier alpha value is -2.03. The van der Waals surface area contributed by atoms with E-state index in [0.717, 1.165) is 12.1 Å². The summed E-state index contributed by atoms with van der Waals surface area (Å²) in [5.41, 5.74) is 0.512. The van der Waals surface area contributed by atoms with Crippen molar-refractivity contribution in [3.63, 3.8) is 0 Å². The third kappa shape index (κ3) is 2.09. The number of carbonyl (C=O) groups is 1. The first-order valence-corrected chi connectivity index (χ1v) is 5.15. The van der Waals surface area contributed by atoms with Crippen LogP contribution in [0.25, 0.3) is 0 Å². The van der Waals surface area contributed by atoms with Gasteiger partial charge in [0, 0.05) is 5.56 Å². The van der Waals surface area contributed by atoms with Crippen LogP contribution >= 0.6 is 0 Å². The number of ketones is 1. The van der Waals surface area contributed by atoms with Gasteiger partial charge in [-0.25, -0.2) is 8.78 Å². The first kappa shape index (κ1) is 11.5. The highest BCUT2D eigenvalue weighted by molar-refractivity contribution is 6.10. The Morgan fingerprint density at radius 1 is 0.941 bits per heavy atom. The quantitative estimate of drug-likeness (QED) is 0.724. The maximum atomic E-state index is 13.5. The van der Waals surface area contributed by atoms with Gasteiger partial charge in [0.1, 0.15) is 11.6 Å². The topological polar surface area (TPSA) is 17.1 Å². The highest BCUT2D eigenvalue weighted by Gasteiger charge is 2.19. The van der Waals surface area contributed by atoms with Crippen molar-refractivity contribution in [1.29, 1.82) is 0 Å². The summed E-state index contributed by atoms with van der Waals surface area (Å²) >= 11 is 0. The summed E-state index contributed by atoms with van der Waals surface area (Å²) in [4.78, 5) is 12.0. The second kappa shape index (κ2) is 4.45. The Morgan fingerprint density at radius 2 is 1.53 bits per heavy atom. The number of benzene rings is 2. The highest BCUT2D eigenvalue weighted by Crippen LogP contribution is 2.19. The van der Waals surface area contributed by atoms with Gasteiger partial charge in [-0.1, -0.05) is 30.3 Å². The van der Waals surface area contributed by atoms with E-state index in [2.05, 4.69) is 0 Å². The van der Waals surface area contributed by atoms with Gasteiger partial charge in [-0.05, 0) is 24.6 Å². The summed E-state index contributed by atoms with van der Waals surface area (Å²) < 4.78 is 26.9. The molecule has 86 valence electrons. The molecule has 0 saturated carbocycles. The van der Waals surface area contributed by atoms with Crippen molar-refractivity contribution in [2.24, 2.45) is 0 Å². The van der Waals surface area contributed by atoms with E-state index in [0.29, 0.717) is 11.1 Å². The molecule has 0 radical (unpaired) electrons. The van der Waals surface area contributed by atoms with Crippen molar-refractivity contribution >= 4 is 5.78 Å². The molecular weight excluding hydrogens is 222 g/mol. The third-order valence-corrected chi connectivity index (χ3v) is 2.58. The second-order valence-corrected chi connectivity index (χ2v) is 3.74. The van der Waals surface area contributed by atoms with Crippen molar-refractivity contribution in [1.82, 2.24) is 0 Å². The molecule has 2 aromatic carbocycles. The SMILES string of the molecule is Cc1ccccc1C(=O)c1c(F)cccc1F. The van der Waals surface area contributed by atoms with Crippen molar-refractivity contribution < 1.29 is 13.6 Å². The van der Waals surface area contributed by atoms with Crippen LogP contribution in [0.4, 0.5) is 8.78 Å². The van der Waals surface area contributed by atoms with Crippen molar-refractivity contribution in [2.75, 3.05) is 0 Å². The summed E-state index contributed by atoms with van der Waals surface area (Å²) in [7, 11) is 0. The van der Waals surface area contributed by atoms with Crippen LogP contribution in [-0.2, 0) is 0 Å². The first-order chi connectivity index (χ1) is 8.11. The molecule has 1 nitrogen and oxygen atoms in total. The van der Waals surface area contributed by atoms with Gasteiger partial charge >= 0.3 is 0 Å². The molecule has 0 aliphatic heterocycles. The van der Waals surface area contributed by atoms with Crippen LogP contribution in [0.3, 0.4) is 0 Å². The monoisotopic (exact) mass is 232 g/mol. The van der Waals surface area contributed by atoms with Crippen LogP contribution < -0.4 is 0 Å². The molecule has 0 N–H and O–H groups in total. The Labute approximate surface area is 97.7 Å². The zero-order chi connectivity index (χ0) is 12.4. The summed E-state index contributed by atoms with van der Waals surface area (Å²) in [6.07, 6.45) is 0. The van der Waals surface area contributed by atoms with E-state index in [4.69, 9.17) is 0 Å². The Balaban J connectivity index is 2.56. The van der Waals surface area contributed by atoms with Crippen molar-refractivity contribution in [3.8, 4) is 0 Å². The minimum atomic E-state index is -0.835. The molecule has 0 fully saturated rings. The Kier molecular flexibility index (Phi) is 3.00. The molecule has 3 heteroatoms. The summed E-state index contributed by atoms with van der Waals surface area (Å²) in [6, 6.07) is 10.1. The first-order valence-electron chi connectivity index (χ1n) is 5.15. The molecule has 0 aromatic heterocycles. The predicted molar refractivity (Wildman–Crippen MR) is 61.0 cm³/mol. The molecule has 0 spiro atoms. The van der Waals surface area contributed by atoms with E-state index in [-0.39, 0.29) is 0 Å². The third-order valence-electron chi connectivity index (χ3n) is 2.58. The average Bonchev–Trinajstić information content (AvgIpc) is 2.29. The van der Waals surface area contributed by atoms with Crippen LogP contribution in [-0.4, -0.2) is 5.78 Å². The Bertz CT molecular complexity index is 556. The molecule has 0 aliphatic rings. The lowest BCUT2D eigenvalue weighted by Gasteiger charge is -2.06. The van der Waals surface area contributed by atoms with Crippen molar-refractivity contribution in [3.05, 3.63) is 70.8 Å². The summed E-state index contributed by atoms with van der Waals surface area (Å²) in [6.45, 7) is 1.73. The minimum Gasteiger partial charge on any atom is -0.288 e. The van der Waals surface area contributed by atoms with Gasteiger partial charge in [0.2, 0.25) is 0 Å². The number of hydrogen-bond acceptors (Lipinski definition) is 1. The Morgan fingerprint density at radius 3 is 2.12 bits per heavy atom. The van der Waals surface area contributed by atoms with Gasteiger partial charge in [-0.2, -0.15) is 0 Å². The molecule has 0 aliphatic carbocycles. The van der Waals surface area contributed by atoms with E-state index in [9.17, 15) is 13.6 Å². The van der Waals surface area contributed by atoms with Gasteiger partial charge < -0.3 is 0 Å². The number of aryl methyl sites for hydroxylation is 1. The fraction of sp³-hybridized carbons (Fsp3) is 0.0714. The molecule has 0 unspecified atom stereocenters. The molecular formula is C14H10F2O. The van der Waals surface area contributed by atoms with Gasteiger partial charge in [0.05, 0.1) is 5.56 Å². The van der Waals surface area contributed by atoms with E-state index in [1.165, 1.54) is 6.07 Å². The number of carbonyl (C=O) groups excluding carboxylic acids is 1. The number of halogens is 2. The van der Waals surface area contributed by atoms with Crippen LogP contribution in [0.2, 0.25) is 0 Å². The van der Waals surface area contributed by atoms with E-state index in [1.54, 1.807) is 31.2 Å². The van der Waals surface area contributed by atoms with E-state index >= 15 is 0 Å². The standard InChI is InChI=1S/C14H10F2O/c1-9-5-2-3-6-10(9)14(17)13-11(15)7-4-8-12(13)16/h2-8H,1H3. The molecule has 0 heterocycles. The molecule has 0 atom stereocenters. The average molecular weight is 232 g/mol. The van der Waals surface area contributed by atoms with Gasteiger partial charge in [-0.3, -0.25) is 4.79 Å². The van der Waals surface area contributed by atoms with Gasteiger partial charge in [-0.15, -0.1) is 0 Å². The van der Waals surface area contributed by atoms with Gasteiger partial charge in [0.15, 0.2) is 5.78 Å². The largest absolute Gasteiger partial charge is 0.288 e. The minimum absolute atomic E-state index is 0.316. The summed E-state index contributed by atoms with van der Waals surface area (Å²) in [5.74, 6) is -2.30. The summed E-state index contributed by atoms with van der Waals surface area (Å²) in [5, 5.41) is 0. The van der Waals surface area contributed by atoms with E-state index in [1.807, 2.05) is 0 Å². The van der Waals surface area contributed by atoms with Crippen LogP contribution in [0.15, 0.2) is 42.5 Å². The fourth-order valence-corrected chi connectivity index (χ4v) is 1.68. The van der Waals surface area contributed by atoms with Crippen LogP contribution in [0.1, 0.15) is 21.5 Å². The predicted octanol–water partition coefficient (Wildman–Crippen LogP) is 3.50.